The lowest BCUT2D eigenvalue weighted by molar-refractivity contribution is -0.129. The molecule has 0 atom stereocenters. The fourth-order valence-electron chi connectivity index (χ4n) is 3.54. The van der Waals surface area contributed by atoms with Crippen molar-refractivity contribution in [2.75, 3.05) is 62.8 Å². The number of carbonyl (C=O) groups is 1. The topological polar surface area (TPSA) is 79.6 Å². The molecule has 2 aromatic rings. The first-order chi connectivity index (χ1) is 12.6. The fraction of sp³-hybridized carbons (Fsp3) is 0.647. The lowest BCUT2D eigenvalue weighted by atomic mass is 10.3. The number of hydrogen-bond donors (Lipinski definition) is 0. The molecule has 1 amide bonds. The average molecular weight is 359 g/mol. The summed E-state index contributed by atoms with van der Waals surface area (Å²) in [5, 5.41) is 0. The maximum Gasteiger partial charge on any atom is 0.242 e. The second-order valence-corrected chi connectivity index (χ2v) is 6.76. The van der Waals surface area contributed by atoms with Gasteiger partial charge in [0.05, 0.1) is 19.8 Å². The number of fused-ring (bicyclic) bond motifs is 1. The predicted molar refractivity (Wildman–Crippen MR) is 98.6 cm³/mol. The second-order valence-electron chi connectivity index (χ2n) is 6.76. The van der Waals surface area contributed by atoms with Crippen LogP contribution in [0.4, 0.5) is 11.8 Å². The first-order valence-corrected chi connectivity index (χ1v) is 9.15. The summed E-state index contributed by atoms with van der Waals surface area (Å²) in [6, 6.07) is 0. The minimum absolute atomic E-state index is 0.113. The highest BCUT2D eigenvalue weighted by Crippen LogP contribution is 2.29. The minimum atomic E-state index is 0.113. The monoisotopic (exact) mass is 359 g/mol. The van der Waals surface area contributed by atoms with E-state index in [1.165, 1.54) is 0 Å². The number of carbonyl (C=O) groups excluding carboxylic acids is 1. The van der Waals surface area contributed by atoms with Gasteiger partial charge in [-0.1, -0.05) is 0 Å². The zero-order valence-electron chi connectivity index (χ0n) is 15.6. The highest BCUT2D eigenvalue weighted by atomic mass is 16.5. The van der Waals surface area contributed by atoms with Gasteiger partial charge in [0, 0.05) is 39.8 Å². The van der Waals surface area contributed by atoms with Crippen molar-refractivity contribution < 1.29 is 9.53 Å². The van der Waals surface area contributed by atoms with Gasteiger partial charge in [-0.3, -0.25) is 9.36 Å². The molecule has 9 nitrogen and oxygen atoms in total. The fourth-order valence-corrected chi connectivity index (χ4v) is 3.54. The number of likely N-dealkylation sites (N-methyl/N-ethyl adjacent to an activating group) is 1. The van der Waals surface area contributed by atoms with E-state index in [9.17, 15) is 4.79 Å². The summed E-state index contributed by atoms with van der Waals surface area (Å²) < 4.78 is 7.56. The lowest BCUT2D eigenvalue weighted by Crippen LogP contribution is -2.49. The minimum Gasteiger partial charge on any atom is -0.378 e. The normalized spacial score (nSPS) is 18.9. The standard InChI is InChI=1S/C17H25N7O2/c1-4-24-16-14(20-17(24)23-6-5-21(3)13(25)11-23)15(18-12(2)19-16)22-7-9-26-10-8-22/h4-11H2,1-3H3. The first-order valence-electron chi connectivity index (χ1n) is 9.15. The van der Waals surface area contributed by atoms with Crippen LogP contribution in [0.3, 0.4) is 0 Å². The Morgan fingerprint density at radius 1 is 1.04 bits per heavy atom. The molecule has 0 spiro atoms. The summed E-state index contributed by atoms with van der Waals surface area (Å²) >= 11 is 0. The summed E-state index contributed by atoms with van der Waals surface area (Å²) in [5.41, 5.74) is 1.64. The molecule has 26 heavy (non-hydrogen) atoms. The van der Waals surface area contributed by atoms with Crippen molar-refractivity contribution in [3.05, 3.63) is 5.82 Å². The third-order valence-electron chi connectivity index (χ3n) is 5.03. The van der Waals surface area contributed by atoms with E-state index < -0.39 is 0 Å². The summed E-state index contributed by atoms with van der Waals surface area (Å²) in [5.74, 6) is 2.51. The molecule has 0 radical (unpaired) electrons. The smallest absolute Gasteiger partial charge is 0.242 e. The molecule has 4 heterocycles. The van der Waals surface area contributed by atoms with Gasteiger partial charge < -0.3 is 19.4 Å². The maximum atomic E-state index is 12.2. The summed E-state index contributed by atoms with van der Waals surface area (Å²) in [4.78, 5) is 32.4. The molecule has 0 aliphatic carbocycles. The van der Waals surface area contributed by atoms with Crippen molar-refractivity contribution in [3.63, 3.8) is 0 Å². The summed E-state index contributed by atoms with van der Waals surface area (Å²) in [7, 11) is 1.84. The van der Waals surface area contributed by atoms with Gasteiger partial charge in [-0.15, -0.1) is 0 Å². The highest BCUT2D eigenvalue weighted by molar-refractivity contribution is 5.88. The zero-order chi connectivity index (χ0) is 18.3. The number of morpholine rings is 1. The van der Waals surface area contributed by atoms with E-state index in [0.717, 1.165) is 54.9 Å². The molecular weight excluding hydrogens is 334 g/mol. The summed E-state index contributed by atoms with van der Waals surface area (Å²) in [6.07, 6.45) is 0. The van der Waals surface area contributed by atoms with Gasteiger partial charge in [0.25, 0.3) is 0 Å². The van der Waals surface area contributed by atoms with Crippen LogP contribution in [0.25, 0.3) is 11.2 Å². The van der Waals surface area contributed by atoms with E-state index in [-0.39, 0.29) is 5.91 Å². The Labute approximate surface area is 152 Å². The Morgan fingerprint density at radius 2 is 1.81 bits per heavy atom. The van der Waals surface area contributed by atoms with E-state index in [2.05, 4.69) is 26.4 Å². The molecule has 140 valence electrons. The average Bonchev–Trinajstić information content (AvgIpc) is 3.02. The van der Waals surface area contributed by atoms with Crippen LogP contribution < -0.4 is 9.80 Å². The molecule has 0 N–H and O–H groups in total. The maximum absolute atomic E-state index is 12.2. The molecule has 9 heteroatoms. The lowest BCUT2D eigenvalue weighted by Gasteiger charge is -2.32. The second kappa shape index (κ2) is 6.71. The van der Waals surface area contributed by atoms with Crippen LogP contribution in [-0.4, -0.2) is 83.3 Å². The molecule has 0 bridgehead atoms. The number of imidazole rings is 1. The Hall–Kier alpha value is -2.42. The molecule has 2 aliphatic rings. The first kappa shape index (κ1) is 17.0. The Morgan fingerprint density at radius 3 is 2.50 bits per heavy atom. The molecule has 2 aliphatic heterocycles. The predicted octanol–water partition coefficient (Wildman–Crippen LogP) is 0.270. The van der Waals surface area contributed by atoms with Crippen LogP contribution in [0.2, 0.25) is 0 Å². The number of ether oxygens (including phenoxy) is 1. The van der Waals surface area contributed by atoms with Gasteiger partial charge in [-0.25, -0.2) is 15.0 Å². The van der Waals surface area contributed by atoms with Gasteiger partial charge in [-0.2, -0.15) is 0 Å². The number of rotatable bonds is 3. The van der Waals surface area contributed by atoms with Gasteiger partial charge >= 0.3 is 0 Å². The van der Waals surface area contributed by atoms with Crippen molar-refractivity contribution in [2.45, 2.75) is 20.4 Å². The van der Waals surface area contributed by atoms with Gasteiger partial charge in [0.1, 0.15) is 5.82 Å². The number of aryl methyl sites for hydroxylation is 2. The van der Waals surface area contributed by atoms with Crippen molar-refractivity contribution in [3.8, 4) is 0 Å². The number of hydrogen-bond acceptors (Lipinski definition) is 7. The van der Waals surface area contributed by atoms with Crippen LogP contribution in [0.5, 0.6) is 0 Å². The third kappa shape index (κ3) is 2.86. The van der Waals surface area contributed by atoms with E-state index >= 15 is 0 Å². The number of nitrogens with zero attached hydrogens (tertiary/aromatic N) is 7. The number of aromatic nitrogens is 4. The largest absolute Gasteiger partial charge is 0.378 e. The molecule has 4 rings (SSSR count). The molecule has 0 unspecified atom stereocenters. The molecule has 2 fully saturated rings. The van der Waals surface area contributed by atoms with Crippen LogP contribution in [0.1, 0.15) is 12.7 Å². The quantitative estimate of drug-likeness (QED) is 0.778. The van der Waals surface area contributed by atoms with Crippen molar-refractivity contribution in [1.82, 2.24) is 24.4 Å². The van der Waals surface area contributed by atoms with E-state index in [1.54, 1.807) is 4.90 Å². The van der Waals surface area contributed by atoms with E-state index in [1.807, 2.05) is 18.9 Å². The van der Waals surface area contributed by atoms with E-state index in [4.69, 9.17) is 9.72 Å². The molecular formula is C17H25N7O2. The zero-order valence-corrected chi connectivity index (χ0v) is 15.6. The Balaban J connectivity index is 1.80. The summed E-state index contributed by atoms with van der Waals surface area (Å²) in [6.45, 7) is 9.53. The molecule has 2 aromatic heterocycles. The number of amides is 1. The molecule has 0 saturated carbocycles. The van der Waals surface area contributed by atoms with Crippen LogP contribution >= 0.6 is 0 Å². The van der Waals surface area contributed by atoms with Crippen molar-refractivity contribution >= 4 is 28.8 Å². The van der Waals surface area contributed by atoms with Crippen LogP contribution in [0.15, 0.2) is 0 Å². The SMILES string of the molecule is CCn1c(N2CCN(C)C(=O)C2)nc2c(N3CCOCC3)nc(C)nc21. The van der Waals surface area contributed by atoms with Gasteiger partial charge in [-0.05, 0) is 13.8 Å². The number of piperazine rings is 1. The number of anilines is 2. The van der Waals surface area contributed by atoms with Gasteiger partial charge in [0.15, 0.2) is 17.0 Å². The Bertz CT molecular complexity index is 828. The van der Waals surface area contributed by atoms with Crippen LogP contribution in [-0.2, 0) is 16.1 Å². The van der Waals surface area contributed by atoms with Crippen molar-refractivity contribution in [2.24, 2.45) is 0 Å². The molecule has 2 saturated heterocycles. The van der Waals surface area contributed by atoms with Crippen molar-refractivity contribution in [1.29, 1.82) is 0 Å². The highest BCUT2D eigenvalue weighted by Gasteiger charge is 2.28. The Kier molecular flexibility index (Phi) is 4.39. The van der Waals surface area contributed by atoms with E-state index in [0.29, 0.717) is 26.3 Å². The molecule has 0 aromatic carbocycles. The third-order valence-corrected chi connectivity index (χ3v) is 5.03. The van der Waals surface area contributed by atoms with Crippen LogP contribution in [0, 0.1) is 6.92 Å². The van der Waals surface area contributed by atoms with Gasteiger partial charge in [0.2, 0.25) is 11.9 Å².